The number of rotatable bonds is 3. The Kier molecular flexibility index (Phi) is 3.44. The van der Waals surface area contributed by atoms with Crippen LogP contribution in [0.15, 0.2) is 18.2 Å². The molecular weight excluding hydrogens is 234 g/mol. The number of benzene rings is 1. The third-order valence-electron chi connectivity index (χ3n) is 3.19. The van der Waals surface area contributed by atoms with Crippen LogP contribution < -0.4 is 4.90 Å². The summed E-state index contributed by atoms with van der Waals surface area (Å²) in [6, 6.07) is 6.38. The fourth-order valence-electron chi connectivity index (χ4n) is 2.21. The number of nitrogens with zero attached hydrogens (tertiary/aromatic N) is 3. The topological polar surface area (TPSA) is 90.4 Å². The largest absolute Gasteiger partial charge is 0.396 e. The van der Waals surface area contributed by atoms with Crippen LogP contribution in [-0.2, 0) is 0 Å². The number of nitro groups is 1. The van der Waals surface area contributed by atoms with Gasteiger partial charge in [-0.2, -0.15) is 5.26 Å². The molecule has 18 heavy (non-hydrogen) atoms. The first-order valence-electron chi connectivity index (χ1n) is 5.70. The predicted molar refractivity (Wildman–Crippen MR) is 65.2 cm³/mol. The lowest BCUT2D eigenvalue weighted by molar-refractivity contribution is -0.384. The molecule has 1 aromatic rings. The van der Waals surface area contributed by atoms with Crippen molar-refractivity contribution in [3.63, 3.8) is 0 Å². The summed E-state index contributed by atoms with van der Waals surface area (Å²) in [4.78, 5) is 12.4. The monoisotopic (exact) mass is 247 g/mol. The Morgan fingerprint density at radius 1 is 1.61 bits per heavy atom. The van der Waals surface area contributed by atoms with Gasteiger partial charge in [-0.25, -0.2) is 0 Å². The average Bonchev–Trinajstić information content (AvgIpc) is 2.86. The zero-order chi connectivity index (χ0) is 13.1. The Labute approximate surface area is 104 Å². The van der Waals surface area contributed by atoms with E-state index in [4.69, 9.17) is 10.4 Å². The van der Waals surface area contributed by atoms with E-state index in [-0.39, 0.29) is 23.8 Å². The molecular formula is C12H13N3O3. The first kappa shape index (κ1) is 12.3. The van der Waals surface area contributed by atoms with Crippen molar-refractivity contribution in [1.29, 1.82) is 5.26 Å². The Morgan fingerprint density at radius 2 is 2.39 bits per heavy atom. The van der Waals surface area contributed by atoms with Gasteiger partial charge in [-0.1, -0.05) is 0 Å². The zero-order valence-electron chi connectivity index (χ0n) is 9.74. The third-order valence-corrected chi connectivity index (χ3v) is 3.19. The fourth-order valence-corrected chi connectivity index (χ4v) is 2.21. The number of nitriles is 1. The van der Waals surface area contributed by atoms with Gasteiger partial charge in [-0.3, -0.25) is 10.1 Å². The Bertz CT molecular complexity index is 510. The van der Waals surface area contributed by atoms with Gasteiger partial charge >= 0.3 is 0 Å². The van der Waals surface area contributed by atoms with Crippen LogP contribution in [0.2, 0.25) is 0 Å². The number of hydrogen-bond donors (Lipinski definition) is 1. The molecule has 0 bridgehead atoms. The highest BCUT2D eigenvalue weighted by Crippen LogP contribution is 2.32. The van der Waals surface area contributed by atoms with E-state index in [1.807, 2.05) is 11.0 Å². The second-order valence-electron chi connectivity index (χ2n) is 4.36. The normalized spacial score (nSPS) is 18.7. The van der Waals surface area contributed by atoms with Gasteiger partial charge in [0.15, 0.2) is 0 Å². The molecule has 0 aromatic heterocycles. The zero-order valence-corrected chi connectivity index (χ0v) is 9.74. The molecule has 1 aliphatic heterocycles. The quantitative estimate of drug-likeness (QED) is 0.642. The third kappa shape index (κ3) is 2.26. The van der Waals surface area contributed by atoms with Crippen LogP contribution in [0.3, 0.4) is 0 Å². The molecule has 1 aliphatic rings. The summed E-state index contributed by atoms with van der Waals surface area (Å²) < 4.78 is 0. The number of hydrogen-bond acceptors (Lipinski definition) is 5. The van der Waals surface area contributed by atoms with Crippen molar-refractivity contribution in [2.75, 3.05) is 24.6 Å². The van der Waals surface area contributed by atoms with E-state index in [1.165, 1.54) is 6.07 Å². The smallest absolute Gasteiger partial charge is 0.293 e. The summed E-state index contributed by atoms with van der Waals surface area (Å²) in [5.74, 6) is 0.167. The summed E-state index contributed by atoms with van der Waals surface area (Å²) in [5, 5.41) is 28.9. The van der Waals surface area contributed by atoms with Gasteiger partial charge in [0, 0.05) is 31.7 Å². The average molecular weight is 247 g/mol. The molecule has 1 aromatic carbocycles. The van der Waals surface area contributed by atoms with Crippen molar-refractivity contribution in [2.24, 2.45) is 5.92 Å². The molecule has 1 saturated heterocycles. The minimum absolute atomic E-state index is 0.0485. The van der Waals surface area contributed by atoms with Crippen molar-refractivity contribution in [3.8, 4) is 6.07 Å². The number of anilines is 1. The summed E-state index contributed by atoms with van der Waals surface area (Å²) in [7, 11) is 0. The van der Waals surface area contributed by atoms with E-state index in [0.717, 1.165) is 6.42 Å². The van der Waals surface area contributed by atoms with Gasteiger partial charge < -0.3 is 10.0 Å². The fraction of sp³-hybridized carbons (Fsp3) is 0.417. The molecule has 6 nitrogen and oxygen atoms in total. The van der Waals surface area contributed by atoms with Crippen LogP contribution >= 0.6 is 0 Å². The summed E-state index contributed by atoms with van der Waals surface area (Å²) in [5.41, 5.74) is 0.756. The minimum Gasteiger partial charge on any atom is -0.396 e. The van der Waals surface area contributed by atoms with E-state index in [0.29, 0.717) is 18.8 Å². The standard InChI is InChI=1S/C12H13N3O3/c13-6-9-1-2-11(12(5-9)15(17)18)14-4-3-10(7-14)8-16/h1-2,5,10,16H,3-4,7-8H2. The molecule has 0 aliphatic carbocycles. The lowest BCUT2D eigenvalue weighted by Crippen LogP contribution is -2.21. The van der Waals surface area contributed by atoms with Crippen LogP contribution in [-0.4, -0.2) is 29.7 Å². The van der Waals surface area contributed by atoms with Crippen LogP contribution in [0.1, 0.15) is 12.0 Å². The molecule has 0 saturated carbocycles. The predicted octanol–water partition coefficient (Wildman–Crippen LogP) is 1.29. The van der Waals surface area contributed by atoms with Crippen molar-refractivity contribution >= 4 is 11.4 Å². The maximum Gasteiger partial charge on any atom is 0.293 e. The first-order valence-corrected chi connectivity index (χ1v) is 5.70. The summed E-state index contributed by atoms with van der Waals surface area (Å²) >= 11 is 0. The molecule has 6 heteroatoms. The van der Waals surface area contributed by atoms with Crippen molar-refractivity contribution in [2.45, 2.75) is 6.42 Å². The molecule has 94 valence electrons. The van der Waals surface area contributed by atoms with Crippen molar-refractivity contribution in [1.82, 2.24) is 0 Å². The van der Waals surface area contributed by atoms with Gasteiger partial charge in [0.05, 0.1) is 16.6 Å². The molecule has 1 atom stereocenters. The second-order valence-corrected chi connectivity index (χ2v) is 4.36. The van der Waals surface area contributed by atoms with E-state index in [2.05, 4.69) is 0 Å². The van der Waals surface area contributed by atoms with Gasteiger partial charge in [-0.05, 0) is 18.6 Å². The summed E-state index contributed by atoms with van der Waals surface area (Å²) in [6.45, 7) is 1.40. The maximum atomic E-state index is 11.0. The Hall–Kier alpha value is -2.13. The van der Waals surface area contributed by atoms with Gasteiger partial charge in [-0.15, -0.1) is 0 Å². The van der Waals surface area contributed by atoms with Gasteiger partial charge in [0.1, 0.15) is 5.69 Å². The number of aliphatic hydroxyl groups excluding tert-OH is 1. The highest BCUT2D eigenvalue weighted by atomic mass is 16.6. The molecule has 2 rings (SSSR count). The SMILES string of the molecule is N#Cc1ccc(N2CCC(CO)C2)c([N+](=O)[O-])c1. The molecule has 0 amide bonds. The lowest BCUT2D eigenvalue weighted by Gasteiger charge is -2.18. The molecule has 1 heterocycles. The van der Waals surface area contributed by atoms with E-state index in [9.17, 15) is 10.1 Å². The lowest BCUT2D eigenvalue weighted by atomic mass is 10.1. The van der Waals surface area contributed by atoms with Crippen LogP contribution in [0.4, 0.5) is 11.4 Å². The molecule has 1 unspecified atom stereocenters. The van der Waals surface area contributed by atoms with Gasteiger partial charge in [0.2, 0.25) is 0 Å². The minimum atomic E-state index is -0.470. The second kappa shape index (κ2) is 5.02. The first-order chi connectivity index (χ1) is 8.65. The van der Waals surface area contributed by atoms with Crippen LogP contribution in [0.5, 0.6) is 0 Å². The molecule has 1 N–H and O–H groups in total. The van der Waals surface area contributed by atoms with Gasteiger partial charge in [0.25, 0.3) is 5.69 Å². The Balaban J connectivity index is 2.33. The molecule has 0 spiro atoms. The van der Waals surface area contributed by atoms with Crippen molar-refractivity contribution < 1.29 is 10.0 Å². The number of aliphatic hydroxyl groups is 1. The Morgan fingerprint density at radius 3 is 2.94 bits per heavy atom. The highest BCUT2D eigenvalue weighted by Gasteiger charge is 2.27. The molecule has 0 radical (unpaired) electrons. The van der Waals surface area contributed by atoms with Crippen LogP contribution in [0.25, 0.3) is 0 Å². The highest BCUT2D eigenvalue weighted by molar-refractivity contribution is 5.66. The van der Waals surface area contributed by atoms with E-state index >= 15 is 0 Å². The van der Waals surface area contributed by atoms with Crippen LogP contribution in [0, 0.1) is 27.4 Å². The number of nitro benzene ring substituents is 1. The van der Waals surface area contributed by atoms with Crippen molar-refractivity contribution in [3.05, 3.63) is 33.9 Å². The van der Waals surface area contributed by atoms with E-state index in [1.54, 1.807) is 12.1 Å². The molecule has 1 fully saturated rings. The maximum absolute atomic E-state index is 11.0. The summed E-state index contributed by atoms with van der Waals surface area (Å²) in [6.07, 6.45) is 0.827. The van der Waals surface area contributed by atoms with E-state index < -0.39 is 4.92 Å².